The van der Waals surface area contributed by atoms with Crippen LogP contribution in [0.1, 0.15) is 35.6 Å². The number of nitrogens with zero attached hydrogens (tertiary/aromatic N) is 2. The van der Waals surface area contributed by atoms with Gasteiger partial charge in [0.2, 0.25) is 0 Å². The van der Waals surface area contributed by atoms with Crippen molar-refractivity contribution in [2.45, 2.75) is 32.2 Å². The molecular formula is C16H21N3. The molecule has 3 rings (SSSR count). The minimum atomic E-state index is 0.661. The van der Waals surface area contributed by atoms with Gasteiger partial charge in [0.25, 0.3) is 0 Å². The molecule has 0 saturated carbocycles. The molecule has 1 aromatic heterocycles. The number of aryl methyl sites for hydroxylation is 1. The van der Waals surface area contributed by atoms with E-state index in [9.17, 15) is 0 Å². The van der Waals surface area contributed by atoms with Crippen LogP contribution in [0.15, 0.2) is 36.8 Å². The van der Waals surface area contributed by atoms with E-state index in [2.05, 4.69) is 46.1 Å². The van der Waals surface area contributed by atoms with Gasteiger partial charge in [-0.25, -0.2) is 4.98 Å². The van der Waals surface area contributed by atoms with Crippen LogP contribution in [0.2, 0.25) is 0 Å². The van der Waals surface area contributed by atoms with Crippen molar-refractivity contribution in [3.8, 4) is 0 Å². The number of aromatic nitrogens is 2. The molecule has 1 aliphatic heterocycles. The van der Waals surface area contributed by atoms with Crippen LogP contribution < -0.4 is 5.32 Å². The molecule has 1 aromatic carbocycles. The summed E-state index contributed by atoms with van der Waals surface area (Å²) in [7, 11) is 0. The Morgan fingerprint density at radius 1 is 1.32 bits per heavy atom. The van der Waals surface area contributed by atoms with Gasteiger partial charge in [0.15, 0.2) is 0 Å². The number of nitrogens with one attached hydrogen (secondary N) is 1. The summed E-state index contributed by atoms with van der Waals surface area (Å²) < 4.78 is 2.31. The van der Waals surface area contributed by atoms with Gasteiger partial charge in [-0.3, -0.25) is 0 Å². The summed E-state index contributed by atoms with van der Waals surface area (Å²) >= 11 is 0. The Kier molecular flexibility index (Phi) is 3.65. The van der Waals surface area contributed by atoms with Gasteiger partial charge in [-0.1, -0.05) is 29.8 Å². The average molecular weight is 255 g/mol. The first-order valence-corrected chi connectivity index (χ1v) is 7.09. The molecule has 1 aliphatic rings. The minimum absolute atomic E-state index is 0.661. The van der Waals surface area contributed by atoms with Crippen LogP contribution in [0.5, 0.6) is 0 Å². The van der Waals surface area contributed by atoms with E-state index in [1.54, 1.807) is 0 Å². The number of imidazole rings is 1. The van der Waals surface area contributed by atoms with Crippen LogP contribution in [-0.4, -0.2) is 22.6 Å². The minimum Gasteiger partial charge on any atom is -0.330 e. The van der Waals surface area contributed by atoms with Gasteiger partial charge in [-0.05, 0) is 38.4 Å². The second kappa shape index (κ2) is 5.57. The number of hydrogen-bond donors (Lipinski definition) is 1. The van der Waals surface area contributed by atoms with Crippen molar-refractivity contribution < 1.29 is 0 Å². The van der Waals surface area contributed by atoms with Gasteiger partial charge in [0, 0.05) is 24.4 Å². The predicted octanol–water partition coefficient (Wildman–Crippen LogP) is 2.71. The van der Waals surface area contributed by atoms with Crippen molar-refractivity contribution in [3.05, 3.63) is 53.6 Å². The van der Waals surface area contributed by atoms with Gasteiger partial charge >= 0.3 is 0 Å². The van der Waals surface area contributed by atoms with Gasteiger partial charge in [-0.2, -0.15) is 0 Å². The lowest BCUT2D eigenvalue weighted by atomic mass is 9.95. The van der Waals surface area contributed by atoms with Crippen LogP contribution in [0.3, 0.4) is 0 Å². The van der Waals surface area contributed by atoms with Crippen LogP contribution in [0.4, 0.5) is 0 Å². The fourth-order valence-corrected chi connectivity index (χ4v) is 2.93. The van der Waals surface area contributed by atoms with Gasteiger partial charge < -0.3 is 9.88 Å². The maximum absolute atomic E-state index is 4.36. The number of benzene rings is 1. The van der Waals surface area contributed by atoms with E-state index in [0.29, 0.717) is 5.92 Å². The molecule has 3 heteroatoms. The van der Waals surface area contributed by atoms with Crippen LogP contribution >= 0.6 is 0 Å². The third kappa shape index (κ3) is 2.87. The Morgan fingerprint density at radius 3 is 2.95 bits per heavy atom. The SMILES string of the molecule is Cc1cccc(Cn2cncc2C2CCNCC2)c1. The Hall–Kier alpha value is -1.61. The van der Waals surface area contributed by atoms with Gasteiger partial charge in [0.1, 0.15) is 0 Å². The highest BCUT2D eigenvalue weighted by molar-refractivity contribution is 5.23. The Bertz CT molecular complexity index is 538. The summed E-state index contributed by atoms with van der Waals surface area (Å²) in [5.74, 6) is 0.661. The molecule has 0 amide bonds. The van der Waals surface area contributed by atoms with Crippen molar-refractivity contribution in [2.75, 3.05) is 13.1 Å². The zero-order chi connectivity index (χ0) is 13.1. The van der Waals surface area contributed by atoms with Gasteiger partial charge in [-0.15, -0.1) is 0 Å². The highest BCUT2D eigenvalue weighted by Gasteiger charge is 2.18. The van der Waals surface area contributed by atoms with Gasteiger partial charge in [0.05, 0.1) is 6.33 Å². The maximum Gasteiger partial charge on any atom is 0.0951 e. The first-order chi connectivity index (χ1) is 9.33. The largest absolute Gasteiger partial charge is 0.330 e. The third-order valence-corrected chi connectivity index (χ3v) is 3.94. The lowest BCUT2D eigenvalue weighted by Gasteiger charge is -2.23. The average Bonchev–Trinajstić information content (AvgIpc) is 2.88. The van der Waals surface area contributed by atoms with E-state index in [4.69, 9.17) is 0 Å². The molecule has 0 unspecified atom stereocenters. The summed E-state index contributed by atoms with van der Waals surface area (Å²) in [6.45, 7) is 5.33. The number of rotatable bonds is 3. The topological polar surface area (TPSA) is 29.9 Å². The fraction of sp³-hybridized carbons (Fsp3) is 0.438. The highest BCUT2D eigenvalue weighted by Crippen LogP contribution is 2.25. The van der Waals surface area contributed by atoms with Crippen molar-refractivity contribution in [1.82, 2.24) is 14.9 Å². The molecule has 100 valence electrons. The Balaban J connectivity index is 1.80. The molecule has 3 nitrogen and oxygen atoms in total. The first kappa shape index (κ1) is 12.4. The first-order valence-electron chi connectivity index (χ1n) is 7.09. The normalized spacial score (nSPS) is 16.7. The molecule has 2 aromatic rings. The molecule has 19 heavy (non-hydrogen) atoms. The van der Waals surface area contributed by atoms with E-state index in [0.717, 1.165) is 19.6 Å². The summed E-state index contributed by atoms with van der Waals surface area (Å²) in [5, 5.41) is 3.42. The molecule has 1 N–H and O–H groups in total. The second-order valence-electron chi connectivity index (χ2n) is 5.46. The Labute approximate surface area is 114 Å². The molecule has 1 fully saturated rings. The predicted molar refractivity (Wildman–Crippen MR) is 77.4 cm³/mol. The Morgan fingerprint density at radius 2 is 2.16 bits per heavy atom. The smallest absolute Gasteiger partial charge is 0.0951 e. The molecule has 0 aliphatic carbocycles. The summed E-state index contributed by atoms with van der Waals surface area (Å²) in [5.41, 5.74) is 4.07. The molecule has 2 heterocycles. The second-order valence-corrected chi connectivity index (χ2v) is 5.46. The van der Waals surface area contributed by atoms with Crippen molar-refractivity contribution in [1.29, 1.82) is 0 Å². The standard InChI is InChI=1S/C16H21N3/c1-13-3-2-4-14(9-13)11-19-12-18-10-16(19)15-5-7-17-8-6-15/h2-4,9-10,12,15,17H,5-8,11H2,1H3. The van der Waals surface area contributed by atoms with Crippen LogP contribution in [0.25, 0.3) is 0 Å². The lowest BCUT2D eigenvalue weighted by molar-refractivity contribution is 0.442. The number of hydrogen-bond acceptors (Lipinski definition) is 2. The summed E-state index contributed by atoms with van der Waals surface area (Å²) in [6.07, 6.45) is 6.46. The highest BCUT2D eigenvalue weighted by atomic mass is 15.0. The zero-order valence-corrected chi connectivity index (χ0v) is 11.5. The van der Waals surface area contributed by atoms with E-state index in [-0.39, 0.29) is 0 Å². The van der Waals surface area contributed by atoms with Crippen LogP contribution in [-0.2, 0) is 6.54 Å². The molecule has 0 bridgehead atoms. The lowest BCUT2D eigenvalue weighted by Crippen LogP contribution is -2.27. The van der Waals surface area contributed by atoms with E-state index in [1.807, 2.05) is 12.5 Å². The van der Waals surface area contributed by atoms with Crippen molar-refractivity contribution in [3.63, 3.8) is 0 Å². The quantitative estimate of drug-likeness (QED) is 0.914. The zero-order valence-electron chi connectivity index (χ0n) is 11.5. The van der Waals surface area contributed by atoms with E-state index in [1.165, 1.54) is 29.7 Å². The summed E-state index contributed by atoms with van der Waals surface area (Å²) in [6, 6.07) is 8.72. The van der Waals surface area contributed by atoms with Crippen LogP contribution in [0, 0.1) is 6.92 Å². The van der Waals surface area contributed by atoms with E-state index < -0.39 is 0 Å². The molecule has 0 atom stereocenters. The maximum atomic E-state index is 4.36. The molecule has 0 spiro atoms. The third-order valence-electron chi connectivity index (χ3n) is 3.94. The number of piperidine rings is 1. The molecule has 0 radical (unpaired) electrons. The summed E-state index contributed by atoms with van der Waals surface area (Å²) in [4.78, 5) is 4.36. The molecule has 1 saturated heterocycles. The monoisotopic (exact) mass is 255 g/mol. The fourth-order valence-electron chi connectivity index (χ4n) is 2.93. The molecular weight excluding hydrogens is 234 g/mol. The van der Waals surface area contributed by atoms with E-state index >= 15 is 0 Å². The van der Waals surface area contributed by atoms with Crippen molar-refractivity contribution >= 4 is 0 Å². The van der Waals surface area contributed by atoms with Crippen molar-refractivity contribution in [2.24, 2.45) is 0 Å².